The predicted octanol–water partition coefficient (Wildman–Crippen LogP) is 2.72. The van der Waals surface area contributed by atoms with E-state index in [-0.39, 0.29) is 5.91 Å². The maximum Gasteiger partial charge on any atom is 0.251 e. The van der Waals surface area contributed by atoms with E-state index in [2.05, 4.69) is 10.4 Å². The molecule has 0 unspecified atom stereocenters. The quantitative estimate of drug-likeness (QED) is 0.788. The average molecular weight is 308 g/mol. The predicted molar refractivity (Wildman–Crippen MR) is 89.8 cm³/mol. The van der Waals surface area contributed by atoms with Gasteiger partial charge in [0, 0.05) is 35.9 Å². The summed E-state index contributed by atoms with van der Waals surface area (Å²) in [5, 5.41) is 7.31. The standard InChI is InChI=1S/C18H20N4O/c1-14-13-15(2)22(20-14)12-9-19-18(23)16-5-7-17(8-6-16)21-10-3-4-11-21/h3-8,10-11,13H,9,12H2,1-2H3,(H,19,23). The van der Waals surface area contributed by atoms with Crippen molar-refractivity contribution in [3.63, 3.8) is 0 Å². The molecule has 0 atom stereocenters. The minimum absolute atomic E-state index is 0.0643. The van der Waals surface area contributed by atoms with Gasteiger partial charge in [0.15, 0.2) is 0 Å². The van der Waals surface area contributed by atoms with Crippen LogP contribution in [0.2, 0.25) is 0 Å². The molecule has 3 aromatic rings. The van der Waals surface area contributed by atoms with E-state index in [1.165, 1.54) is 0 Å². The molecule has 0 saturated carbocycles. The molecule has 0 spiro atoms. The Hall–Kier alpha value is -2.82. The third kappa shape index (κ3) is 3.51. The molecule has 2 heterocycles. The molecule has 1 aromatic carbocycles. The Kier molecular flexibility index (Phi) is 4.28. The van der Waals surface area contributed by atoms with E-state index >= 15 is 0 Å². The molecule has 0 aliphatic carbocycles. The Morgan fingerprint density at radius 3 is 2.43 bits per heavy atom. The second-order valence-corrected chi connectivity index (χ2v) is 5.54. The van der Waals surface area contributed by atoms with Crippen molar-refractivity contribution in [3.05, 3.63) is 71.8 Å². The highest BCUT2D eigenvalue weighted by molar-refractivity contribution is 5.94. The van der Waals surface area contributed by atoms with Crippen LogP contribution in [0, 0.1) is 13.8 Å². The van der Waals surface area contributed by atoms with E-state index < -0.39 is 0 Å². The number of aryl methyl sites for hydroxylation is 2. The van der Waals surface area contributed by atoms with Gasteiger partial charge in [-0.15, -0.1) is 0 Å². The van der Waals surface area contributed by atoms with Gasteiger partial charge in [0.25, 0.3) is 5.91 Å². The molecule has 23 heavy (non-hydrogen) atoms. The molecule has 5 heteroatoms. The molecule has 0 fully saturated rings. The maximum atomic E-state index is 12.2. The van der Waals surface area contributed by atoms with Crippen LogP contribution in [0.4, 0.5) is 0 Å². The summed E-state index contributed by atoms with van der Waals surface area (Å²) in [4.78, 5) is 12.2. The molecule has 5 nitrogen and oxygen atoms in total. The van der Waals surface area contributed by atoms with Gasteiger partial charge in [0.05, 0.1) is 12.2 Å². The van der Waals surface area contributed by atoms with E-state index in [9.17, 15) is 4.79 Å². The third-order valence-electron chi connectivity index (χ3n) is 3.74. The summed E-state index contributed by atoms with van der Waals surface area (Å²) in [7, 11) is 0. The lowest BCUT2D eigenvalue weighted by Crippen LogP contribution is -2.27. The third-order valence-corrected chi connectivity index (χ3v) is 3.74. The molecule has 0 radical (unpaired) electrons. The summed E-state index contributed by atoms with van der Waals surface area (Å²) < 4.78 is 3.91. The molecule has 0 aliphatic rings. The molecular weight excluding hydrogens is 288 g/mol. The number of carbonyl (C=O) groups is 1. The summed E-state index contributed by atoms with van der Waals surface area (Å²) in [6.07, 6.45) is 3.95. The van der Waals surface area contributed by atoms with Crippen molar-refractivity contribution < 1.29 is 4.79 Å². The lowest BCUT2D eigenvalue weighted by molar-refractivity contribution is 0.0952. The fourth-order valence-corrected chi connectivity index (χ4v) is 2.57. The van der Waals surface area contributed by atoms with Gasteiger partial charge in [0.1, 0.15) is 0 Å². The van der Waals surface area contributed by atoms with E-state index in [0.717, 1.165) is 17.1 Å². The normalized spacial score (nSPS) is 10.7. The van der Waals surface area contributed by atoms with Gasteiger partial charge in [-0.25, -0.2) is 0 Å². The van der Waals surface area contributed by atoms with Gasteiger partial charge in [-0.1, -0.05) is 0 Å². The van der Waals surface area contributed by atoms with E-state index in [1.54, 1.807) is 0 Å². The largest absolute Gasteiger partial charge is 0.350 e. The summed E-state index contributed by atoms with van der Waals surface area (Å²) in [5.74, 6) is -0.0643. The van der Waals surface area contributed by atoms with Gasteiger partial charge in [-0.3, -0.25) is 9.48 Å². The van der Waals surface area contributed by atoms with Crippen LogP contribution in [0.15, 0.2) is 54.9 Å². The Morgan fingerprint density at radius 2 is 1.83 bits per heavy atom. The van der Waals surface area contributed by atoms with Crippen molar-refractivity contribution in [3.8, 4) is 5.69 Å². The number of nitrogens with one attached hydrogen (secondary N) is 1. The zero-order chi connectivity index (χ0) is 16.2. The molecule has 0 bridgehead atoms. The summed E-state index contributed by atoms with van der Waals surface area (Å²) in [5.41, 5.74) is 3.80. The fourth-order valence-electron chi connectivity index (χ4n) is 2.57. The topological polar surface area (TPSA) is 51.9 Å². The first-order valence-electron chi connectivity index (χ1n) is 7.66. The number of carbonyl (C=O) groups excluding carboxylic acids is 1. The van der Waals surface area contributed by atoms with Crippen molar-refractivity contribution in [2.24, 2.45) is 0 Å². The average Bonchev–Trinajstić information content (AvgIpc) is 3.18. The lowest BCUT2D eigenvalue weighted by Gasteiger charge is -2.08. The van der Waals surface area contributed by atoms with Crippen molar-refractivity contribution in [2.75, 3.05) is 6.54 Å². The second-order valence-electron chi connectivity index (χ2n) is 5.54. The number of hydrogen-bond acceptors (Lipinski definition) is 2. The monoisotopic (exact) mass is 308 g/mol. The Balaban J connectivity index is 1.57. The van der Waals surface area contributed by atoms with Crippen LogP contribution in [0.3, 0.4) is 0 Å². The summed E-state index contributed by atoms with van der Waals surface area (Å²) in [6.45, 7) is 5.21. The van der Waals surface area contributed by atoms with Crippen LogP contribution in [-0.2, 0) is 6.54 Å². The van der Waals surface area contributed by atoms with Crippen molar-refractivity contribution in [1.29, 1.82) is 0 Å². The summed E-state index contributed by atoms with van der Waals surface area (Å²) >= 11 is 0. The van der Waals surface area contributed by atoms with Gasteiger partial charge in [0.2, 0.25) is 0 Å². The van der Waals surface area contributed by atoms with E-state index in [1.807, 2.05) is 78.0 Å². The number of amides is 1. The van der Waals surface area contributed by atoms with Crippen LogP contribution >= 0.6 is 0 Å². The van der Waals surface area contributed by atoms with Crippen LogP contribution in [0.5, 0.6) is 0 Å². The van der Waals surface area contributed by atoms with E-state index in [4.69, 9.17) is 0 Å². The minimum Gasteiger partial charge on any atom is -0.350 e. The number of nitrogens with zero attached hydrogens (tertiary/aromatic N) is 3. The molecule has 0 aliphatic heterocycles. The highest BCUT2D eigenvalue weighted by atomic mass is 16.1. The first-order chi connectivity index (χ1) is 11.1. The number of aromatic nitrogens is 3. The highest BCUT2D eigenvalue weighted by Gasteiger charge is 2.06. The Morgan fingerprint density at radius 1 is 1.13 bits per heavy atom. The fraction of sp³-hybridized carbons (Fsp3) is 0.222. The smallest absolute Gasteiger partial charge is 0.251 e. The molecule has 1 N–H and O–H groups in total. The number of hydrogen-bond donors (Lipinski definition) is 1. The van der Waals surface area contributed by atoms with Crippen molar-refractivity contribution in [1.82, 2.24) is 19.7 Å². The van der Waals surface area contributed by atoms with Crippen molar-refractivity contribution >= 4 is 5.91 Å². The SMILES string of the molecule is Cc1cc(C)n(CCNC(=O)c2ccc(-n3cccc3)cc2)n1. The minimum atomic E-state index is -0.0643. The molecule has 0 saturated heterocycles. The van der Waals surface area contributed by atoms with Crippen molar-refractivity contribution in [2.45, 2.75) is 20.4 Å². The van der Waals surface area contributed by atoms with Gasteiger partial charge in [-0.05, 0) is 56.3 Å². The molecule has 3 rings (SSSR count). The van der Waals surface area contributed by atoms with Crippen LogP contribution < -0.4 is 5.32 Å². The number of benzene rings is 1. The van der Waals surface area contributed by atoms with Crippen LogP contribution in [-0.4, -0.2) is 26.8 Å². The van der Waals surface area contributed by atoms with Gasteiger partial charge >= 0.3 is 0 Å². The zero-order valence-electron chi connectivity index (χ0n) is 13.4. The molecule has 118 valence electrons. The molecular formula is C18H20N4O. The van der Waals surface area contributed by atoms with Gasteiger partial charge < -0.3 is 9.88 Å². The molecule has 2 aromatic heterocycles. The second kappa shape index (κ2) is 6.52. The first-order valence-corrected chi connectivity index (χ1v) is 7.66. The maximum absolute atomic E-state index is 12.2. The van der Waals surface area contributed by atoms with Crippen LogP contribution in [0.25, 0.3) is 5.69 Å². The number of rotatable bonds is 5. The molecule has 1 amide bonds. The first kappa shape index (κ1) is 15.1. The summed E-state index contributed by atoms with van der Waals surface area (Å²) in [6, 6.07) is 13.5. The van der Waals surface area contributed by atoms with Gasteiger partial charge in [-0.2, -0.15) is 5.10 Å². The Labute approximate surface area is 135 Å². The van der Waals surface area contributed by atoms with E-state index in [0.29, 0.717) is 18.7 Å². The lowest BCUT2D eigenvalue weighted by atomic mass is 10.2. The Bertz CT molecular complexity index is 785. The zero-order valence-corrected chi connectivity index (χ0v) is 13.4. The van der Waals surface area contributed by atoms with Crippen LogP contribution in [0.1, 0.15) is 21.7 Å². The highest BCUT2D eigenvalue weighted by Crippen LogP contribution is 2.10.